The molecule has 0 aromatic carbocycles. The fourth-order valence-electron chi connectivity index (χ4n) is 3.94. The van der Waals surface area contributed by atoms with Crippen LogP contribution in [-0.2, 0) is 9.53 Å². The molecule has 182 valence electrons. The molecule has 14 heteroatoms. The van der Waals surface area contributed by atoms with Crippen molar-refractivity contribution in [3.63, 3.8) is 0 Å². The van der Waals surface area contributed by atoms with Crippen molar-refractivity contribution in [1.82, 2.24) is 25.2 Å². The van der Waals surface area contributed by atoms with Crippen molar-refractivity contribution in [1.29, 1.82) is 0 Å². The third kappa shape index (κ3) is 5.64. The molecular weight excluding hydrogens is 440 g/mol. The van der Waals surface area contributed by atoms with Gasteiger partial charge in [-0.2, -0.15) is 5.01 Å². The monoisotopic (exact) mass is 468 g/mol. The van der Waals surface area contributed by atoms with Gasteiger partial charge in [-0.1, -0.05) is 19.3 Å². The van der Waals surface area contributed by atoms with E-state index in [2.05, 4.69) is 20.9 Å². The predicted octanol–water partition coefficient (Wildman–Crippen LogP) is -1.39. The third-order valence-corrected chi connectivity index (χ3v) is 5.81. The SMILES string of the molecule is Cc1cn(C2O[C@H](C(=O)NCCN(N=O)C(=O)NC3CCCCC3)[C@@H](O)[C@H]2O)c(=O)[nH]c1=O. The highest BCUT2D eigenvalue weighted by Crippen LogP contribution is 2.28. The number of aliphatic hydroxyl groups is 2. The van der Waals surface area contributed by atoms with E-state index < -0.39 is 47.7 Å². The minimum Gasteiger partial charge on any atom is -0.387 e. The van der Waals surface area contributed by atoms with E-state index in [4.69, 9.17) is 4.74 Å². The molecule has 3 rings (SSSR count). The number of carbonyl (C=O) groups excluding carboxylic acids is 2. The quantitative estimate of drug-likeness (QED) is 0.238. The number of aromatic amines is 1. The van der Waals surface area contributed by atoms with Crippen LogP contribution in [0.15, 0.2) is 21.1 Å². The van der Waals surface area contributed by atoms with E-state index >= 15 is 0 Å². The Kier molecular flexibility index (Phi) is 7.94. The van der Waals surface area contributed by atoms with Gasteiger partial charge < -0.3 is 25.6 Å². The molecule has 1 aromatic heterocycles. The molecule has 1 aliphatic carbocycles. The summed E-state index contributed by atoms with van der Waals surface area (Å²) in [6, 6.07) is -0.683. The van der Waals surface area contributed by atoms with Gasteiger partial charge in [-0.3, -0.25) is 19.1 Å². The van der Waals surface area contributed by atoms with Crippen LogP contribution in [-0.4, -0.2) is 74.2 Å². The average molecular weight is 468 g/mol. The molecule has 33 heavy (non-hydrogen) atoms. The minimum absolute atomic E-state index is 0.0227. The Morgan fingerprint density at radius 1 is 1.24 bits per heavy atom. The molecule has 4 atom stereocenters. The second-order valence-corrected chi connectivity index (χ2v) is 8.19. The van der Waals surface area contributed by atoms with Gasteiger partial charge in [0.1, 0.15) is 12.2 Å². The topological polar surface area (TPSA) is 195 Å². The van der Waals surface area contributed by atoms with Crippen molar-refractivity contribution < 1.29 is 24.5 Å². The fourth-order valence-corrected chi connectivity index (χ4v) is 3.94. The highest BCUT2D eigenvalue weighted by Gasteiger charge is 2.47. The van der Waals surface area contributed by atoms with Gasteiger partial charge >= 0.3 is 11.7 Å². The van der Waals surface area contributed by atoms with Crippen LogP contribution in [0, 0.1) is 11.8 Å². The first-order valence-corrected chi connectivity index (χ1v) is 10.8. The average Bonchev–Trinajstić information content (AvgIpc) is 3.08. The molecule has 3 amide bonds. The van der Waals surface area contributed by atoms with E-state index in [0.29, 0.717) is 5.01 Å². The summed E-state index contributed by atoms with van der Waals surface area (Å²) in [6.07, 6.45) is -0.321. The van der Waals surface area contributed by atoms with Crippen LogP contribution in [0.1, 0.15) is 43.9 Å². The zero-order chi connectivity index (χ0) is 24.1. The molecule has 2 heterocycles. The molecule has 1 unspecified atom stereocenters. The summed E-state index contributed by atoms with van der Waals surface area (Å²) in [5.74, 6) is -0.822. The Balaban J connectivity index is 1.55. The Labute approximate surface area is 187 Å². The van der Waals surface area contributed by atoms with Crippen molar-refractivity contribution in [3.05, 3.63) is 37.5 Å². The number of nitroso groups, excluding NO2 is 1. The molecule has 1 saturated carbocycles. The van der Waals surface area contributed by atoms with E-state index in [9.17, 15) is 34.3 Å². The number of hydrogen-bond donors (Lipinski definition) is 5. The zero-order valence-electron chi connectivity index (χ0n) is 18.1. The molecule has 1 aliphatic heterocycles. The van der Waals surface area contributed by atoms with Gasteiger partial charge in [0, 0.05) is 24.3 Å². The number of carbonyl (C=O) groups is 2. The largest absolute Gasteiger partial charge is 0.387 e. The van der Waals surface area contributed by atoms with Crippen molar-refractivity contribution in [2.75, 3.05) is 13.1 Å². The van der Waals surface area contributed by atoms with Crippen LogP contribution in [0.5, 0.6) is 0 Å². The first-order valence-electron chi connectivity index (χ1n) is 10.8. The summed E-state index contributed by atoms with van der Waals surface area (Å²) in [6.45, 7) is 1.04. The van der Waals surface area contributed by atoms with Gasteiger partial charge in [-0.25, -0.2) is 9.59 Å². The van der Waals surface area contributed by atoms with Crippen molar-refractivity contribution in [3.8, 4) is 0 Å². The molecule has 2 fully saturated rings. The molecule has 5 N–H and O–H groups in total. The number of aryl methyl sites for hydroxylation is 1. The molecule has 0 bridgehead atoms. The smallest absolute Gasteiger partial charge is 0.340 e. The molecule has 0 spiro atoms. The number of aromatic nitrogens is 2. The van der Waals surface area contributed by atoms with E-state index in [1.807, 2.05) is 0 Å². The number of ether oxygens (including phenoxy) is 1. The number of nitrogens with zero attached hydrogens (tertiary/aromatic N) is 3. The lowest BCUT2D eigenvalue weighted by Crippen LogP contribution is -2.47. The Morgan fingerprint density at radius 2 is 1.94 bits per heavy atom. The summed E-state index contributed by atoms with van der Waals surface area (Å²) in [7, 11) is 0. The zero-order valence-corrected chi connectivity index (χ0v) is 18.1. The summed E-state index contributed by atoms with van der Waals surface area (Å²) in [4.78, 5) is 61.3. The van der Waals surface area contributed by atoms with Crippen LogP contribution in [0.4, 0.5) is 4.79 Å². The van der Waals surface area contributed by atoms with Crippen LogP contribution in [0.25, 0.3) is 0 Å². The highest BCUT2D eigenvalue weighted by molar-refractivity contribution is 5.82. The minimum atomic E-state index is -1.66. The Hall–Kier alpha value is -3.10. The van der Waals surface area contributed by atoms with E-state index in [1.54, 1.807) is 0 Å². The molecule has 1 saturated heterocycles. The summed E-state index contributed by atoms with van der Waals surface area (Å²) >= 11 is 0. The maximum atomic E-state index is 12.5. The van der Waals surface area contributed by atoms with Gasteiger partial charge in [0.05, 0.1) is 11.8 Å². The predicted molar refractivity (Wildman–Crippen MR) is 113 cm³/mol. The van der Waals surface area contributed by atoms with Gasteiger partial charge in [-0.15, -0.1) is 4.91 Å². The lowest BCUT2D eigenvalue weighted by atomic mass is 9.96. The fraction of sp³-hybridized carbons (Fsp3) is 0.684. The third-order valence-electron chi connectivity index (χ3n) is 5.81. The maximum absolute atomic E-state index is 12.5. The summed E-state index contributed by atoms with van der Waals surface area (Å²) in [5.41, 5.74) is -1.32. The number of hydrogen-bond acceptors (Lipinski definition) is 9. The van der Waals surface area contributed by atoms with Gasteiger partial charge in [0.2, 0.25) is 0 Å². The number of rotatable bonds is 7. The second kappa shape index (κ2) is 10.7. The van der Waals surface area contributed by atoms with Crippen molar-refractivity contribution in [2.45, 2.75) is 69.6 Å². The lowest BCUT2D eigenvalue weighted by Gasteiger charge is -2.24. The molecule has 1 aromatic rings. The lowest BCUT2D eigenvalue weighted by molar-refractivity contribution is -0.137. The van der Waals surface area contributed by atoms with Crippen molar-refractivity contribution >= 4 is 11.9 Å². The van der Waals surface area contributed by atoms with Gasteiger partial charge in [-0.05, 0) is 19.8 Å². The molecule has 14 nitrogen and oxygen atoms in total. The number of nitrogens with one attached hydrogen (secondary N) is 3. The second-order valence-electron chi connectivity index (χ2n) is 8.19. The maximum Gasteiger partial charge on any atom is 0.340 e. The van der Waals surface area contributed by atoms with Crippen LogP contribution < -0.4 is 21.9 Å². The van der Waals surface area contributed by atoms with Crippen molar-refractivity contribution in [2.24, 2.45) is 5.29 Å². The Morgan fingerprint density at radius 3 is 2.61 bits per heavy atom. The van der Waals surface area contributed by atoms with Gasteiger partial charge in [0.15, 0.2) is 12.3 Å². The van der Waals surface area contributed by atoms with E-state index in [-0.39, 0.29) is 24.7 Å². The first-order chi connectivity index (χ1) is 15.7. The Bertz CT molecular complexity index is 987. The number of amides is 3. The van der Waals surface area contributed by atoms with Crippen LogP contribution in [0.3, 0.4) is 0 Å². The molecule has 2 aliphatic rings. The van der Waals surface area contributed by atoms with Crippen LogP contribution in [0.2, 0.25) is 0 Å². The number of urea groups is 1. The normalized spacial score (nSPS) is 25.4. The highest BCUT2D eigenvalue weighted by atomic mass is 16.6. The number of aliphatic hydroxyl groups excluding tert-OH is 2. The van der Waals surface area contributed by atoms with Crippen LogP contribution >= 0.6 is 0 Å². The molecular formula is C19H28N6O8. The van der Waals surface area contributed by atoms with E-state index in [1.165, 1.54) is 6.92 Å². The van der Waals surface area contributed by atoms with Gasteiger partial charge in [0.25, 0.3) is 11.5 Å². The summed E-state index contributed by atoms with van der Waals surface area (Å²) < 4.78 is 6.27. The first kappa shape index (κ1) is 24.5. The standard InChI is InChI=1S/C19H28N6O8/c1-10-9-24(18(30)22-15(10)28)17-13(27)12(26)14(33-17)16(29)20-7-8-25(23-32)19(31)21-11-5-3-2-4-6-11/h9,11-14,17,26-27H,2-8H2,1H3,(H,20,29)(H,21,31)(H,22,28,30)/t12-,13+,14-,17?/m0/s1. The van der Waals surface area contributed by atoms with E-state index in [0.717, 1.165) is 42.9 Å². The molecule has 0 radical (unpaired) electrons. The number of H-pyrrole nitrogens is 1. The summed E-state index contributed by atoms with van der Waals surface area (Å²) in [5, 5.41) is 29.0.